The van der Waals surface area contributed by atoms with Crippen LogP contribution in [0.4, 0.5) is 10.5 Å². The van der Waals surface area contributed by atoms with Gasteiger partial charge in [0.1, 0.15) is 24.4 Å². The summed E-state index contributed by atoms with van der Waals surface area (Å²) in [6, 6.07) is 19.6. The molecule has 8 heteroatoms. The minimum Gasteiger partial charge on any atom is -0.492 e. The fourth-order valence-corrected chi connectivity index (χ4v) is 5.25. The smallest absolute Gasteiger partial charge is 0.410 e. The lowest BCUT2D eigenvalue weighted by molar-refractivity contribution is -0.159. The third-order valence-corrected chi connectivity index (χ3v) is 7.63. The maximum absolute atomic E-state index is 13.1. The lowest BCUT2D eigenvalue weighted by Crippen LogP contribution is -2.48. The molecule has 0 bridgehead atoms. The molecule has 1 saturated heterocycles. The van der Waals surface area contributed by atoms with E-state index in [1.807, 2.05) is 61.5 Å². The first-order valence-corrected chi connectivity index (χ1v) is 13.6. The quantitative estimate of drug-likeness (QED) is 0.380. The average Bonchev–Trinajstić information content (AvgIpc) is 2.99. The van der Waals surface area contributed by atoms with Crippen LogP contribution < -0.4 is 9.64 Å². The summed E-state index contributed by atoms with van der Waals surface area (Å²) < 4.78 is 17.3. The second kappa shape index (κ2) is 12.2. The SMILES string of the molecule is CCOC(=O)C1(COc2ccc3c(c2)CN(C(=O)OCc2ccccc2)CC3)CCN(c2ccncc2)CC1. The summed E-state index contributed by atoms with van der Waals surface area (Å²) in [7, 11) is 0. The summed E-state index contributed by atoms with van der Waals surface area (Å²) >= 11 is 0. The first-order valence-electron chi connectivity index (χ1n) is 13.6. The Morgan fingerprint density at radius 2 is 1.69 bits per heavy atom. The zero-order valence-electron chi connectivity index (χ0n) is 22.4. The van der Waals surface area contributed by atoms with Gasteiger partial charge in [-0.15, -0.1) is 0 Å². The van der Waals surface area contributed by atoms with E-state index in [4.69, 9.17) is 14.2 Å². The highest BCUT2D eigenvalue weighted by Gasteiger charge is 2.44. The Balaban J connectivity index is 1.21. The molecule has 0 atom stereocenters. The van der Waals surface area contributed by atoms with Crippen LogP contribution in [0.15, 0.2) is 73.1 Å². The van der Waals surface area contributed by atoms with Gasteiger partial charge in [-0.3, -0.25) is 9.78 Å². The molecule has 0 spiro atoms. The molecule has 1 amide bonds. The molecule has 3 aromatic rings. The molecule has 5 rings (SSSR count). The van der Waals surface area contributed by atoms with Crippen molar-refractivity contribution in [3.63, 3.8) is 0 Å². The maximum Gasteiger partial charge on any atom is 0.410 e. The van der Waals surface area contributed by atoms with Crippen molar-refractivity contribution in [3.05, 3.63) is 89.7 Å². The van der Waals surface area contributed by atoms with Crippen LogP contribution in [0.25, 0.3) is 0 Å². The van der Waals surface area contributed by atoms with E-state index in [-0.39, 0.29) is 25.3 Å². The molecule has 204 valence electrons. The normalized spacial score (nSPS) is 16.2. The summed E-state index contributed by atoms with van der Waals surface area (Å²) in [6.07, 6.45) is 5.28. The number of esters is 1. The van der Waals surface area contributed by atoms with Crippen LogP contribution >= 0.6 is 0 Å². The first-order chi connectivity index (χ1) is 19.1. The van der Waals surface area contributed by atoms with Gasteiger partial charge in [-0.25, -0.2) is 4.79 Å². The predicted molar refractivity (Wildman–Crippen MR) is 147 cm³/mol. The first kappa shape index (κ1) is 26.5. The largest absolute Gasteiger partial charge is 0.492 e. The van der Waals surface area contributed by atoms with Gasteiger partial charge in [0.05, 0.1) is 6.61 Å². The number of benzene rings is 2. The zero-order valence-corrected chi connectivity index (χ0v) is 22.4. The van der Waals surface area contributed by atoms with Gasteiger partial charge in [0, 0.05) is 44.3 Å². The van der Waals surface area contributed by atoms with E-state index in [1.165, 1.54) is 5.56 Å². The number of carbonyl (C=O) groups excluding carboxylic acids is 2. The van der Waals surface area contributed by atoms with Gasteiger partial charge < -0.3 is 24.0 Å². The Kier molecular flexibility index (Phi) is 8.30. The zero-order chi connectivity index (χ0) is 27.1. The molecular formula is C31H35N3O5. The van der Waals surface area contributed by atoms with Gasteiger partial charge in [-0.05, 0) is 67.1 Å². The number of nitrogens with zero attached hydrogens (tertiary/aromatic N) is 3. The van der Waals surface area contributed by atoms with Crippen molar-refractivity contribution in [1.29, 1.82) is 0 Å². The topological polar surface area (TPSA) is 81.2 Å². The molecule has 2 aliphatic rings. The molecule has 2 aliphatic heterocycles. The number of carbonyl (C=O) groups is 2. The summed E-state index contributed by atoms with van der Waals surface area (Å²) in [5, 5.41) is 0. The molecule has 39 heavy (non-hydrogen) atoms. The number of fused-ring (bicyclic) bond motifs is 1. The van der Waals surface area contributed by atoms with Crippen molar-refractivity contribution in [1.82, 2.24) is 9.88 Å². The highest BCUT2D eigenvalue weighted by atomic mass is 16.6. The molecule has 1 aromatic heterocycles. The fraction of sp³-hybridized carbons (Fsp3) is 0.387. The minimum absolute atomic E-state index is 0.204. The number of aromatic nitrogens is 1. The van der Waals surface area contributed by atoms with Crippen LogP contribution in [0.1, 0.15) is 36.5 Å². The van der Waals surface area contributed by atoms with Gasteiger partial charge in [0.2, 0.25) is 0 Å². The van der Waals surface area contributed by atoms with E-state index in [1.54, 1.807) is 17.3 Å². The molecule has 0 saturated carbocycles. The van der Waals surface area contributed by atoms with Crippen molar-refractivity contribution in [2.75, 3.05) is 37.7 Å². The molecule has 0 aliphatic carbocycles. The van der Waals surface area contributed by atoms with E-state index in [9.17, 15) is 9.59 Å². The van der Waals surface area contributed by atoms with E-state index < -0.39 is 5.41 Å². The van der Waals surface area contributed by atoms with Crippen LogP contribution in [0.3, 0.4) is 0 Å². The van der Waals surface area contributed by atoms with Crippen LogP contribution in [0, 0.1) is 5.41 Å². The lowest BCUT2D eigenvalue weighted by atomic mass is 9.79. The van der Waals surface area contributed by atoms with Crippen molar-refractivity contribution < 1.29 is 23.8 Å². The molecule has 2 aromatic carbocycles. The van der Waals surface area contributed by atoms with E-state index in [2.05, 4.69) is 16.0 Å². The molecular weight excluding hydrogens is 494 g/mol. The molecule has 0 N–H and O–H groups in total. The third-order valence-electron chi connectivity index (χ3n) is 7.63. The minimum atomic E-state index is -0.706. The number of amides is 1. The van der Waals surface area contributed by atoms with Gasteiger partial charge >= 0.3 is 12.1 Å². The van der Waals surface area contributed by atoms with Gasteiger partial charge in [0.15, 0.2) is 0 Å². The van der Waals surface area contributed by atoms with Crippen LogP contribution in [-0.4, -0.2) is 54.8 Å². The third kappa shape index (κ3) is 6.33. The van der Waals surface area contributed by atoms with Crippen LogP contribution in [0.5, 0.6) is 5.75 Å². The number of pyridine rings is 1. The highest BCUT2D eigenvalue weighted by Crippen LogP contribution is 2.36. The molecule has 0 radical (unpaired) electrons. The standard InChI is InChI=1S/C31H35N3O5/c1-2-37-29(35)31(13-18-33(19-14-31)27-10-15-32-16-11-27)23-39-28-9-8-25-12-17-34(21-26(25)20-28)30(36)38-22-24-6-4-3-5-7-24/h3-11,15-16,20H,2,12-14,17-19,21-23H2,1H3. The second-order valence-electron chi connectivity index (χ2n) is 10.1. The summed E-state index contributed by atoms with van der Waals surface area (Å²) in [5.41, 5.74) is 3.59. The fourth-order valence-electron chi connectivity index (χ4n) is 5.25. The Labute approximate surface area is 229 Å². The van der Waals surface area contributed by atoms with Crippen molar-refractivity contribution in [3.8, 4) is 5.75 Å². The Morgan fingerprint density at radius 3 is 2.44 bits per heavy atom. The monoisotopic (exact) mass is 529 g/mol. The van der Waals surface area contributed by atoms with Gasteiger partial charge in [0.25, 0.3) is 0 Å². The molecule has 1 fully saturated rings. The number of hydrogen-bond donors (Lipinski definition) is 0. The van der Waals surface area contributed by atoms with Crippen LogP contribution in [-0.2, 0) is 33.8 Å². The average molecular weight is 530 g/mol. The highest BCUT2D eigenvalue weighted by molar-refractivity contribution is 5.77. The Hall–Kier alpha value is -4.07. The van der Waals surface area contributed by atoms with Crippen LogP contribution in [0.2, 0.25) is 0 Å². The molecule has 8 nitrogen and oxygen atoms in total. The van der Waals surface area contributed by atoms with Crippen molar-refractivity contribution in [2.24, 2.45) is 5.41 Å². The molecule has 3 heterocycles. The predicted octanol–water partition coefficient (Wildman–Crippen LogP) is 5.01. The summed E-state index contributed by atoms with van der Waals surface area (Å²) in [4.78, 5) is 33.9. The van der Waals surface area contributed by atoms with Gasteiger partial charge in [-0.2, -0.15) is 0 Å². The summed E-state index contributed by atoms with van der Waals surface area (Å²) in [6.45, 7) is 5.21. The number of anilines is 1. The number of rotatable bonds is 8. The second-order valence-corrected chi connectivity index (χ2v) is 10.1. The lowest BCUT2D eigenvalue weighted by Gasteiger charge is -2.40. The number of hydrogen-bond acceptors (Lipinski definition) is 7. The Morgan fingerprint density at radius 1 is 0.923 bits per heavy atom. The number of ether oxygens (including phenoxy) is 3. The Bertz CT molecular complexity index is 1260. The van der Waals surface area contributed by atoms with Crippen molar-refractivity contribution in [2.45, 2.75) is 39.3 Å². The van der Waals surface area contributed by atoms with Gasteiger partial charge in [-0.1, -0.05) is 36.4 Å². The maximum atomic E-state index is 13.1. The van der Waals surface area contributed by atoms with E-state index in [0.717, 1.165) is 36.3 Å². The molecule has 0 unspecified atom stereocenters. The van der Waals surface area contributed by atoms with E-state index >= 15 is 0 Å². The number of piperidine rings is 1. The van der Waals surface area contributed by atoms with E-state index in [0.29, 0.717) is 38.3 Å². The van der Waals surface area contributed by atoms with Crippen molar-refractivity contribution >= 4 is 17.7 Å². The summed E-state index contributed by atoms with van der Waals surface area (Å²) in [5.74, 6) is 0.484.